The molecule has 0 aromatic carbocycles. The zero-order chi connectivity index (χ0) is 10.9. The monoisotopic (exact) mass is 206 g/mol. The fraction of sp³-hybridized carbons (Fsp3) is 0.615. The fourth-order valence-electron chi connectivity index (χ4n) is 1.50. The largest absolute Gasteiger partial charge is 0.314 e. The molecule has 0 saturated heterocycles. The molecule has 15 heavy (non-hydrogen) atoms. The zero-order valence-electron chi connectivity index (χ0n) is 9.87. The lowest BCUT2D eigenvalue weighted by molar-refractivity contribution is 0.516. The highest BCUT2D eigenvalue weighted by atomic mass is 14.9. The van der Waals surface area contributed by atoms with Gasteiger partial charge in [0.25, 0.3) is 0 Å². The summed E-state index contributed by atoms with van der Waals surface area (Å²) >= 11 is 0. The molecular formula is C13H22N2. The van der Waals surface area contributed by atoms with Crippen molar-refractivity contribution in [3.63, 3.8) is 0 Å². The number of hydrogen-bond donors (Lipinski definition) is 1. The van der Waals surface area contributed by atoms with E-state index in [0.29, 0.717) is 6.04 Å². The quantitative estimate of drug-likeness (QED) is 0.694. The minimum Gasteiger partial charge on any atom is -0.314 e. The van der Waals surface area contributed by atoms with E-state index in [2.05, 4.69) is 36.3 Å². The molecule has 0 saturated carbocycles. The molecule has 1 aromatic rings. The average Bonchev–Trinajstić information content (AvgIpc) is 2.29. The van der Waals surface area contributed by atoms with Crippen LogP contribution in [0.4, 0.5) is 0 Å². The fourth-order valence-corrected chi connectivity index (χ4v) is 1.50. The third kappa shape index (κ3) is 5.53. The van der Waals surface area contributed by atoms with Crippen LogP contribution in [0.3, 0.4) is 0 Å². The molecule has 0 radical (unpaired) electrons. The Bertz CT molecular complexity index is 246. The van der Waals surface area contributed by atoms with Gasteiger partial charge < -0.3 is 5.32 Å². The maximum Gasteiger partial charge on any atom is 0.0270 e. The van der Waals surface area contributed by atoms with Gasteiger partial charge in [-0.15, -0.1) is 0 Å². The Hall–Kier alpha value is -0.890. The van der Waals surface area contributed by atoms with Crippen molar-refractivity contribution in [3.8, 4) is 0 Å². The van der Waals surface area contributed by atoms with E-state index in [-0.39, 0.29) is 0 Å². The van der Waals surface area contributed by atoms with E-state index < -0.39 is 0 Å². The highest BCUT2D eigenvalue weighted by Crippen LogP contribution is 2.02. The van der Waals surface area contributed by atoms with Crippen LogP contribution >= 0.6 is 0 Å². The summed E-state index contributed by atoms with van der Waals surface area (Å²) in [7, 11) is 0. The Morgan fingerprint density at radius 1 is 1.27 bits per heavy atom. The van der Waals surface area contributed by atoms with E-state index in [1.807, 2.05) is 12.4 Å². The molecule has 1 unspecified atom stereocenters. The Balaban J connectivity index is 2.03. The van der Waals surface area contributed by atoms with E-state index in [1.54, 1.807) is 0 Å². The van der Waals surface area contributed by atoms with Crippen molar-refractivity contribution in [2.45, 2.75) is 45.6 Å². The summed E-state index contributed by atoms with van der Waals surface area (Å²) in [6.45, 7) is 5.59. The number of hydrogen-bond acceptors (Lipinski definition) is 2. The minimum atomic E-state index is 0.658. The van der Waals surface area contributed by atoms with Crippen LogP contribution < -0.4 is 5.32 Å². The number of aryl methyl sites for hydroxylation is 1. The molecule has 1 atom stereocenters. The summed E-state index contributed by atoms with van der Waals surface area (Å²) in [4.78, 5) is 4.01. The molecule has 1 rings (SSSR count). The predicted molar refractivity (Wildman–Crippen MR) is 64.9 cm³/mol. The number of aromatic nitrogens is 1. The first-order valence-corrected chi connectivity index (χ1v) is 5.95. The summed E-state index contributed by atoms with van der Waals surface area (Å²) in [6, 6.07) is 4.86. The van der Waals surface area contributed by atoms with Crippen molar-refractivity contribution in [2.24, 2.45) is 0 Å². The van der Waals surface area contributed by atoms with Crippen LogP contribution in [0, 0.1) is 0 Å². The standard InChI is InChI=1S/C13H22N2/c1-3-12(2)15-9-5-4-6-13-7-10-14-11-8-13/h7-8,10-12,15H,3-6,9H2,1-2H3. The molecule has 0 aliphatic heterocycles. The maximum absolute atomic E-state index is 4.01. The lowest BCUT2D eigenvalue weighted by atomic mass is 10.1. The van der Waals surface area contributed by atoms with Gasteiger partial charge in [-0.25, -0.2) is 0 Å². The van der Waals surface area contributed by atoms with Crippen LogP contribution in [0.5, 0.6) is 0 Å². The Morgan fingerprint density at radius 2 is 2.00 bits per heavy atom. The highest BCUT2D eigenvalue weighted by Gasteiger charge is 1.96. The maximum atomic E-state index is 4.01. The molecule has 1 N–H and O–H groups in total. The number of nitrogens with one attached hydrogen (secondary N) is 1. The summed E-state index contributed by atoms with van der Waals surface area (Å²) < 4.78 is 0. The van der Waals surface area contributed by atoms with Crippen molar-refractivity contribution in [1.82, 2.24) is 10.3 Å². The van der Waals surface area contributed by atoms with E-state index >= 15 is 0 Å². The molecule has 0 bridgehead atoms. The first kappa shape index (κ1) is 12.2. The van der Waals surface area contributed by atoms with E-state index in [1.165, 1.54) is 31.2 Å². The summed E-state index contributed by atoms with van der Waals surface area (Å²) in [5.41, 5.74) is 1.40. The number of pyridine rings is 1. The van der Waals surface area contributed by atoms with Crippen LogP contribution in [0.15, 0.2) is 24.5 Å². The summed E-state index contributed by atoms with van der Waals surface area (Å²) in [6.07, 6.45) is 8.63. The molecule has 0 amide bonds. The van der Waals surface area contributed by atoms with Gasteiger partial charge in [0.2, 0.25) is 0 Å². The highest BCUT2D eigenvalue weighted by molar-refractivity contribution is 5.09. The molecule has 1 aromatic heterocycles. The Labute approximate surface area is 93.1 Å². The molecule has 0 spiro atoms. The molecule has 0 fully saturated rings. The van der Waals surface area contributed by atoms with E-state index in [4.69, 9.17) is 0 Å². The average molecular weight is 206 g/mol. The third-order valence-corrected chi connectivity index (χ3v) is 2.75. The lowest BCUT2D eigenvalue weighted by Gasteiger charge is -2.10. The van der Waals surface area contributed by atoms with Crippen molar-refractivity contribution in [2.75, 3.05) is 6.54 Å². The van der Waals surface area contributed by atoms with E-state index in [0.717, 1.165) is 6.54 Å². The first-order chi connectivity index (χ1) is 7.33. The molecule has 0 aliphatic carbocycles. The van der Waals surface area contributed by atoms with Crippen LogP contribution in [0.1, 0.15) is 38.7 Å². The second-order valence-electron chi connectivity index (χ2n) is 4.08. The summed E-state index contributed by atoms with van der Waals surface area (Å²) in [5.74, 6) is 0. The molecule has 2 nitrogen and oxygen atoms in total. The molecule has 0 aliphatic rings. The topological polar surface area (TPSA) is 24.9 Å². The van der Waals surface area contributed by atoms with Crippen molar-refractivity contribution < 1.29 is 0 Å². The van der Waals surface area contributed by atoms with Crippen LogP contribution in [-0.2, 0) is 6.42 Å². The van der Waals surface area contributed by atoms with Gasteiger partial charge in [-0.1, -0.05) is 6.92 Å². The van der Waals surface area contributed by atoms with Crippen molar-refractivity contribution >= 4 is 0 Å². The normalized spacial score (nSPS) is 12.7. The number of rotatable bonds is 7. The second kappa shape index (κ2) is 7.41. The van der Waals surface area contributed by atoms with Gasteiger partial charge in [-0.2, -0.15) is 0 Å². The van der Waals surface area contributed by atoms with Gasteiger partial charge in [0, 0.05) is 18.4 Å². The van der Waals surface area contributed by atoms with Crippen molar-refractivity contribution in [3.05, 3.63) is 30.1 Å². The molecule has 2 heteroatoms. The van der Waals surface area contributed by atoms with Gasteiger partial charge in [-0.3, -0.25) is 4.98 Å². The summed E-state index contributed by atoms with van der Waals surface area (Å²) in [5, 5.41) is 3.51. The van der Waals surface area contributed by atoms with Crippen LogP contribution in [0.25, 0.3) is 0 Å². The van der Waals surface area contributed by atoms with Gasteiger partial charge in [-0.05, 0) is 56.8 Å². The van der Waals surface area contributed by atoms with Gasteiger partial charge in [0.15, 0.2) is 0 Å². The lowest BCUT2D eigenvalue weighted by Crippen LogP contribution is -2.26. The molecular weight excluding hydrogens is 184 g/mol. The zero-order valence-corrected chi connectivity index (χ0v) is 9.87. The van der Waals surface area contributed by atoms with Gasteiger partial charge in [0.05, 0.1) is 0 Å². The Kier molecular flexibility index (Phi) is 6.02. The van der Waals surface area contributed by atoms with Crippen LogP contribution in [-0.4, -0.2) is 17.6 Å². The smallest absolute Gasteiger partial charge is 0.0270 e. The van der Waals surface area contributed by atoms with E-state index in [9.17, 15) is 0 Å². The Morgan fingerprint density at radius 3 is 2.67 bits per heavy atom. The van der Waals surface area contributed by atoms with Gasteiger partial charge in [0.1, 0.15) is 0 Å². The number of nitrogens with zero attached hydrogens (tertiary/aromatic N) is 1. The van der Waals surface area contributed by atoms with Gasteiger partial charge >= 0.3 is 0 Å². The number of unbranched alkanes of at least 4 members (excludes halogenated alkanes) is 1. The van der Waals surface area contributed by atoms with Crippen molar-refractivity contribution in [1.29, 1.82) is 0 Å². The van der Waals surface area contributed by atoms with Crippen LogP contribution in [0.2, 0.25) is 0 Å². The molecule has 1 heterocycles. The second-order valence-corrected chi connectivity index (χ2v) is 4.08. The predicted octanol–water partition coefficient (Wildman–Crippen LogP) is 2.79. The SMILES string of the molecule is CCC(C)NCCCCc1ccncc1. The molecule has 84 valence electrons. The first-order valence-electron chi connectivity index (χ1n) is 5.95. The third-order valence-electron chi connectivity index (χ3n) is 2.75. The minimum absolute atomic E-state index is 0.658.